The predicted octanol–water partition coefficient (Wildman–Crippen LogP) is 8.76. The maximum absolute atomic E-state index is 5.07. The standard InChI is InChI=1S/C32H24N4S2/c37-32(38)24-8-6-23(7-9-24)22-33-25-10-12-27(13-11-25)35-29-18-20-31(21-19-29)36-30-16-14-28(15-17-30)34-26-4-2-1-3-5-26/h1-22,34H,(H,37,38). The van der Waals surface area contributed by atoms with E-state index >= 15 is 0 Å². The summed E-state index contributed by atoms with van der Waals surface area (Å²) in [7, 11) is 0. The van der Waals surface area contributed by atoms with E-state index in [-0.39, 0.29) is 0 Å². The number of hydrogen-bond acceptors (Lipinski definition) is 5. The molecule has 0 saturated heterocycles. The second kappa shape index (κ2) is 12.2. The van der Waals surface area contributed by atoms with Gasteiger partial charge in [0.2, 0.25) is 0 Å². The molecule has 0 fully saturated rings. The third kappa shape index (κ3) is 7.09. The third-order valence-electron chi connectivity index (χ3n) is 5.67. The Balaban J connectivity index is 1.18. The Hall–Kier alpha value is -4.39. The fourth-order valence-corrected chi connectivity index (χ4v) is 3.97. The number of anilines is 2. The molecule has 0 atom stereocenters. The van der Waals surface area contributed by atoms with Crippen molar-refractivity contribution in [1.82, 2.24) is 0 Å². The van der Waals surface area contributed by atoms with Crippen LogP contribution >= 0.6 is 24.8 Å². The molecule has 6 heteroatoms. The fourth-order valence-electron chi connectivity index (χ4n) is 3.68. The van der Waals surface area contributed by atoms with Crippen molar-refractivity contribution in [2.75, 3.05) is 5.32 Å². The maximum Gasteiger partial charge on any atom is 0.0747 e. The molecule has 4 aromatic carbocycles. The van der Waals surface area contributed by atoms with Gasteiger partial charge in [-0.05, 0) is 96.1 Å². The predicted molar refractivity (Wildman–Crippen MR) is 169 cm³/mol. The highest BCUT2D eigenvalue weighted by atomic mass is 32.1. The number of allylic oxidation sites excluding steroid dienone is 4. The van der Waals surface area contributed by atoms with Crippen LogP contribution in [0.5, 0.6) is 0 Å². The largest absolute Gasteiger partial charge is 0.356 e. The van der Waals surface area contributed by atoms with Gasteiger partial charge in [-0.1, -0.05) is 54.7 Å². The molecule has 0 amide bonds. The van der Waals surface area contributed by atoms with E-state index in [1.165, 1.54) is 0 Å². The summed E-state index contributed by atoms with van der Waals surface area (Å²) in [6.07, 6.45) is 9.71. The Bertz CT molecular complexity index is 1550. The summed E-state index contributed by atoms with van der Waals surface area (Å²) in [4.78, 5) is 14.0. The number of hydrogen-bond donors (Lipinski definition) is 2. The molecule has 1 N–H and O–H groups in total. The first-order valence-electron chi connectivity index (χ1n) is 12.0. The summed E-state index contributed by atoms with van der Waals surface area (Å²) < 4.78 is 0.582. The highest BCUT2D eigenvalue weighted by molar-refractivity contribution is 8.11. The lowest BCUT2D eigenvalue weighted by atomic mass is 10.1. The van der Waals surface area contributed by atoms with Gasteiger partial charge in [-0.2, -0.15) is 0 Å². The van der Waals surface area contributed by atoms with Crippen molar-refractivity contribution in [2.24, 2.45) is 15.0 Å². The molecule has 0 bridgehead atoms. The van der Waals surface area contributed by atoms with Gasteiger partial charge in [-0.25, -0.2) is 9.98 Å². The summed E-state index contributed by atoms with van der Waals surface area (Å²) in [5, 5.41) is 3.38. The molecule has 0 heterocycles. The number of para-hydroxylation sites is 1. The van der Waals surface area contributed by atoms with Crippen molar-refractivity contribution in [3.8, 4) is 0 Å². The first-order chi connectivity index (χ1) is 18.6. The van der Waals surface area contributed by atoms with E-state index in [1.807, 2.05) is 134 Å². The van der Waals surface area contributed by atoms with Crippen molar-refractivity contribution < 1.29 is 0 Å². The molecular formula is C32H24N4S2. The molecule has 0 radical (unpaired) electrons. The Morgan fingerprint density at radius 1 is 0.605 bits per heavy atom. The first kappa shape index (κ1) is 25.3. The van der Waals surface area contributed by atoms with E-state index in [1.54, 1.807) is 0 Å². The molecule has 4 aromatic rings. The van der Waals surface area contributed by atoms with Crippen LogP contribution in [0.15, 0.2) is 142 Å². The minimum Gasteiger partial charge on any atom is -0.356 e. The summed E-state index contributed by atoms with van der Waals surface area (Å²) in [6, 6.07) is 33.8. The van der Waals surface area contributed by atoms with Gasteiger partial charge in [0, 0.05) is 17.6 Å². The number of nitrogens with one attached hydrogen (secondary N) is 1. The van der Waals surface area contributed by atoms with Crippen molar-refractivity contribution in [2.45, 2.75) is 0 Å². The quantitative estimate of drug-likeness (QED) is 0.109. The van der Waals surface area contributed by atoms with E-state index < -0.39 is 0 Å². The lowest BCUT2D eigenvalue weighted by molar-refractivity contribution is 1.47. The number of thiocarbonyl (C=S) groups is 1. The van der Waals surface area contributed by atoms with Crippen LogP contribution in [0.1, 0.15) is 11.1 Å². The summed E-state index contributed by atoms with van der Waals surface area (Å²) in [5.74, 6) is 0. The SMILES string of the molecule is S=C(S)c1ccc(C=Nc2ccc(N=C3C=CC(=Nc4ccc(Nc5ccccc5)cc4)C=C3)cc2)cc1. The van der Waals surface area contributed by atoms with Gasteiger partial charge in [0.05, 0.1) is 32.7 Å². The molecule has 184 valence electrons. The molecule has 5 rings (SSSR count). The Morgan fingerprint density at radius 3 is 1.66 bits per heavy atom. The van der Waals surface area contributed by atoms with Crippen molar-refractivity contribution >= 4 is 75.1 Å². The second-order valence-corrected chi connectivity index (χ2v) is 9.64. The zero-order chi connectivity index (χ0) is 26.2. The summed E-state index contributed by atoms with van der Waals surface area (Å²) in [5.41, 5.74) is 8.36. The van der Waals surface area contributed by atoms with Crippen LogP contribution in [0.4, 0.5) is 28.4 Å². The van der Waals surface area contributed by atoms with Crippen LogP contribution < -0.4 is 5.32 Å². The van der Waals surface area contributed by atoms with Gasteiger partial charge in [0.25, 0.3) is 0 Å². The molecule has 0 aliphatic heterocycles. The van der Waals surface area contributed by atoms with Crippen LogP contribution in [-0.2, 0) is 0 Å². The zero-order valence-electron chi connectivity index (χ0n) is 20.4. The molecule has 0 spiro atoms. The number of nitrogens with zero attached hydrogens (tertiary/aromatic N) is 3. The van der Waals surface area contributed by atoms with Crippen molar-refractivity contribution in [1.29, 1.82) is 0 Å². The number of thiol groups is 1. The topological polar surface area (TPSA) is 49.1 Å². The fraction of sp³-hybridized carbons (Fsp3) is 0. The zero-order valence-corrected chi connectivity index (χ0v) is 22.1. The number of aliphatic imine (C=N–C) groups is 3. The lowest BCUT2D eigenvalue weighted by Gasteiger charge is -2.07. The highest BCUT2D eigenvalue weighted by Gasteiger charge is 2.02. The Kier molecular flexibility index (Phi) is 8.13. The molecule has 0 aromatic heterocycles. The summed E-state index contributed by atoms with van der Waals surface area (Å²) in [6.45, 7) is 0. The monoisotopic (exact) mass is 528 g/mol. The van der Waals surface area contributed by atoms with E-state index in [0.717, 1.165) is 51.0 Å². The summed E-state index contributed by atoms with van der Waals surface area (Å²) >= 11 is 9.27. The molecular weight excluding hydrogens is 505 g/mol. The Morgan fingerprint density at radius 2 is 1.11 bits per heavy atom. The lowest BCUT2D eigenvalue weighted by Crippen LogP contribution is -1.99. The van der Waals surface area contributed by atoms with Crippen molar-refractivity contribution in [3.05, 3.63) is 139 Å². The highest BCUT2D eigenvalue weighted by Crippen LogP contribution is 2.22. The number of rotatable bonds is 7. The van der Waals surface area contributed by atoms with Crippen LogP contribution in [0.3, 0.4) is 0 Å². The van der Waals surface area contributed by atoms with Crippen LogP contribution in [0.25, 0.3) is 0 Å². The minimum atomic E-state index is 0.582. The number of benzene rings is 4. The normalized spacial score (nSPS) is 12.6. The third-order valence-corrected chi connectivity index (χ3v) is 6.16. The molecule has 1 aliphatic carbocycles. The average Bonchev–Trinajstić information content (AvgIpc) is 2.95. The Labute approximate surface area is 233 Å². The molecule has 38 heavy (non-hydrogen) atoms. The first-order valence-corrected chi connectivity index (χ1v) is 12.9. The smallest absolute Gasteiger partial charge is 0.0747 e. The van der Waals surface area contributed by atoms with Crippen LogP contribution in [-0.4, -0.2) is 21.8 Å². The van der Waals surface area contributed by atoms with E-state index in [0.29, 0.717) is 4.20 Å². The van der Waals surface area contributed by atoms with Crippen LogP contribution in [0.2, 0.25) is 0 Å². The molecule has 1 aliphatic rings. The van der Waals surface area contributed by atoms with Gasteiger partial charge in [-0.3, -0.25) is 4.99 Å². The molecule has 0 unspecified atom stereocenters. The van der Waals surface area contributed by atoms with E-state index in [4.69, 9.17) is 22.2 Å². The van der Waals surface area contributed by atoms with Gasteiger partial charge >= 0.3 is 0 Å². The van der Waals surface area contributed by atoms with Gasteiger partial charge in [0.1, 0.15) is 0 Å². The maximum atomic E-state index is 5.07. The van der Waals surface area contributed by atoms with Crippen LogP contribution in [0, 0.1) is 0 Å². The molecule has 4 nitrogen and oxygen atoms in total. The second-order valence-electron chi connectivity index (χ2n) is 8.48. The van der Waals surface area contributed by atoms with E-state index in [2.05, 4.69) is 22.9 Å². The average molecular weight is 529 g/mol. The van der Waals surface area contributed by atoms with Crippen molar-refractivity contribution in [3.63, 3.8) is 0 Å². The molecule has 0 saturated carbocycles. The minimum absolute atomic E-state index is 0.582. The van der Waals surface area contributed by atoms with Gasteiger partial charge < -0.3 is 5.32 Å². The van der Waals surface area contributed by atoms with E-state index in [9.17, 15) is 0 Å². The van der Waals surface area contributed by atoms with Gasteiger partial charge in [-0.15, -0.1) is 12.6 Å². The van der Waals surface area contributed by atoms with Gasteiger partial charge in [0.15, 0.2) is 0 Å².